The second-order valence-electron chi connectivity index (χ2n) is 4.21. The van der Waals surface area contributed by atoms with Crippen LogP contribution in [0.2, 0.25) is 0 Å². The van der Waals surface area contributed by atoms with E-state index >= 15 is 0 Å². The molecule has 0 spiro atoms. The SMILES string of the molecule is COCC(NC1CC=CC1)C1CC1. The molecule has 0 aromatic rings. The second-order valence-corrected chi connectivity index (χ2v) is 4.21. The maximum absolute atomic E-state index is 5.23. The molecule has 1 saturated carbocycles. The zero-order valence-corrected chi connectivity index (χ0v) is 8.33. The minimum absolute atomic E-state index is 0.606. The summed E-state index contributed by atoms with van der Waals surface area (Å²) in [5.41, 5.74) is 0. The van der Waals surface area contributed by atoms with Crippen molar-refractivity contribution in [3.05, 3.63) is 12.2 Å². The van der Waals surface area contributed by atoms with Crippen LogP contribution in [0.1, 0.15) is 25.7 Å². The lowest BCUT2D eigenvalue weighted by Gasteiger charge is -2.21. The van der Waals surface area contributed by atoms with Crippen LogP contribution in [0.3, 0.4) is 0 Å². The summed E-state index contributed by atoms with van der Waals surface area (Å²) >= 11 is 0. The Balaban J connectivity index is 1.75. The zero-order chi connectivity index (χ0) is 9.10. The Morgan fingerprint density at radius 1 is 1.38 bits per heavy atom. The van der Waals surface area contributed by atoms with E-state index in [2.05, 4.69) is 17.5 Å². The molecule has 1 N–H and O–H groups in total. The molecule has 0 saturated heterocycles. The lowest BCUT2D eigenvalue weighted by atomic mass is 10.1. The molecule has 2 nitrogen and oxygen atoms in total. The van der Waals surface area contributed by atoms with Gasteiger partial charge in [0.2, 0.25) is 0 Å². The fourth-order valence-corrected chi connectivity index (χ4v) is 2.05. The molecule has 0 radical (unpaired) electrons. The van der Waals surface area contributed by atoms with E-state index in [1.54, 1.807) is 7.11 Å². The quantitative estimate of drug-likeness (QED) is 0.652. The van der Waals surface area contributed by atoms with Gasteiger partial charge >= 0.3 is 0 Å². The van der Waals surface area contributed by atoms with E-state index in [-0.39, 0.29) is 0 Å². The van der Waals surface area contributed by atoms with E-state index in [9.17, 15) is 0 Å². The third-order valence-corrected chi connectivity index (χ3v) is 2.99. The number of hydrogen-bond acceptors (Lipinski definition) is 2. The van der Waals surface area contributed by atoms with Gasteiger partial charge in [-0.15, -0.1) is 0 Å². The largest absolute Gasteiger partial charge is 0.383 e. The smallest absolute Gasteiger partial charge is 0.0618 e. The van der Waals surface area contributed by atoms with E-state index in [0.29, 0.717) is 12.1 Å². The molecular formula is C11H19NO. The highest BCUT2D eigenvalue weighted by Crippen LogP contribution is 2.33. The van der Waals surface area contributed by atoms with Gasteiger partial charge in [0.1, 0.15) is 0 Å². The first-order valence-corrected chi connectivity index (χ1v) is 5.30. The van der Waals surface area contributed by atoms with Gasteiger partial charge in [-0.25, -0.2) is 0 Å². The lowest BCUT2D eigenvalue weighted by molar-refractivity contribution is 0.152. The van der Waals surface area contributed by atoms with Crippen LogP contribution in [-0.4, -0.2) is 25.8 Å². The fourth-order valence-electron chi connectivity index (χ4n) is 2.05. The van der Waals surface area contributed by atoms with Crippen molar-refractivity contribution in [1.29, 1.82) is 0 Å². The van der Waals surface area contributed by atoms with E-state index in [1.165, 1.54) is 25.7 Å². The molecule has 2 aliphatic carbocycles. The first kappa shape index (κ1) is 9.22. The summed E-state index contributed by atoms with van der Waals surface area (Å²) in [7, 11) is 1.80. The van der Waals surface area contributed by atoms with Crippen LogP contribution in [0.25, 0.3) is 0 Å². The summed E-state index contributed by atoms with van der Waals surface area (Å²) < 4.78 is 5.23. The first-order chi connectivity index (χ1) is 6.40. The molecule has 74 valence electrons. The molecule has 0 heterocycles. The summed E-state index contributed by atoms with van der Waals surface area (Å²) in [6, 6.07) is 1.29. The van der Waals surface area contributed by atoms with E-state index in [1.807, 2.05) is 0 Å². The standard InChI is InChI=1S/C11H19NO/c1-13-8-11(9-6-7-9)12-10-4-2-3-5-10/h2-3,9-12H,4-8H2,1H3. The average Bonchev–Trinajstić information content (AvgIpc) is 2.85. The highest BCUT2D eigenvalue weighted by molar-refractivity contribution is 5.00. The van der Waals surface area contributed by atoms with Crippen LogP contribution in [-0.2, 0) is 4.74 Å². The summed E-state index contributed by atoms with van der Waals surface area (Å²) in [6.45, 7) is 0.876. The minimum atomic E-state index is 0.606. The normalized spacial score (nSPS) is 25.3. The molecule has 0 aliphatic heterocycles. The molecule has 0 aromatic carbocycles. The third kappa shape index (κ3) is 2.55. The summed E-state index contributed by atoms with van der Waals surface area (Å²) in [5, 5.41) is 3.69. The highest BCUT2D eigenvalue weighted by atomic mass is 16.5. The Labute approximate surface area is 80.4 Å². The predicted molar refractivity (Wildman–Crippen MR) is 53.7 cm³/mol. The van der Waals surface area contributed by atoms with Gasteiger partial charge in [-0.05, 0) is 31.6 Å². The summed E-state index contributed by atoms with van der Waals surface area (Å²) in [6.07, 6.45) is 9.73. The Kier molecular flexibility index (Phi) is 3.01. The van der Waals surface area contributed by atoms with Crippen LogP contribution in [0.4, 0.5) is 0 Å². The minimum Gasteiger partial charge on any atom is -0.383 e. The molecular weight excluding hydrogens is 162 g/mol. The Hall–Kier alpha value is -0.340. The topological polar surface area (TPSA) is 21.3 Å². The van der Waals surface area contributed by atoms with Crippen molar-refractivity contribution in [2.24, 2.45) is 5.92 Å². The molecule has 1 unspecified atom stereocenters. The van der Waals surface area contributed by atoms with Crippen molar-refractivity contribution in [2.75, 3.05) is 13.7 Å². The Morgan fingerprint density at radius 3 is 2.62 bits per heavy atom. The van der Waals surface area contributed by atoms with Crippen LogP contribution in [0.5, 0.6) is 0 Å². The van der Waals surface area contributed by atoms with Crippen LogP contribution in [0, 0.1) is 5.92 Å². The molecule has 1 atom stereocenters. The average molecular weight is 181 g/mol. The zero-order valence-electron chi connectivity index (χ0n) is 8.33. The molecule has 2 rings (SSSR count). The monoisotopic (exact) mass is 181 g/mol. The van der Waals surface area contributed by atoms with E-state index in [0.717, 1.165) is 12.5 Å². The molecule has 13 heavy (non-hydrogen) atoms. The molecule has 0 amide bonds. The van der Waals surface area contributed by atoms with Gasteiger partial charge in [0.25, 0.3) is 0 Å². The molecule has 0 bridgehead atoms. The fraction of sp³-hybridized carbons (Fsp3) is 0.818. The predicted octanol–water partition coefficient (Wildman–Crippen LogP) is 1.72. The molecule has 1 fully saturated rings. The van der Waals surface area contributed by atoms with Gasteiger partial charge in [-0.2, -0.15) is 0 Å². The summed E-state index contributed by atoms with van der Waals surface area (Å²) in [4.78, 5) is 0. The van der Waals surface area contributed by atoms with Crippen molar-refractivity contribution < 1.29 is 4.74 Å². The highest BCUT2D eigenvalue weighted by Gasteiger charge is 2.32. The molecule has 2 aliphatic rings. The van der Waals surface area contributed by atoms with E-state index < -0.39 is 0 Å². The number of methoxy groups -OCH3 is 1. The first-order valence-electron chi connectivity index (χ1n) is 5.30. The number of nitrogens with one attached hydrogen (secondary N) is 1. The number of hydrogen-bond donors (Lipinski definition) is 1. The number of ether oxygens (including phenoxy) is 1. The van der Waals surface area contributed by atoms with Gasteiger partial charge < -0.3 is 10.1 Å². The van der Waals surface area contributed by atoms with Gasteiger partial charge in [0.05, 0.1) is 6.61 Å². The van der Waals surface area contributed by atoms with E-state index in [4.69, 9.17) is 4.74 Å². The maximum Gasteiger partial charge on any atom is 0.0618 e. The van der Waals surface area contributed by atoms with Crippen molar-refractivity contribution in [2.45, 2.75) is 37.8 Å². The van der Waals surface area contributed by atoms with Gasteiger partial charge in [0, 0.05) is 19.2 Å². The van der Waals surface area contributed by atoms with Crippen LogP contribution < -0.4 is 5.32 Å². The van der Waals surface area contributed by atoms with Crippen LogP contribution >= 0.6 is 0 Å². The van der Waals surface area contributed by atoms with Gasteiger partial charge in [-0.1, -0.05) is 12.2 Å². The van der Waals surface area contributed by atoms with Crippen molar-refractivity contribution >= 4 is 0 Å². The van der Waals surface area contributed by atoms with Crippen molar-refractivity contribution in [3.8, 4) is 0 Å². The number of rotatable bonds is 5. The van der Waals surface area contributed by atoms with Crippen molar-refractivity contribution in [1.82, 2.24) is 5.32 Å². The van der Waals surface area contributed by atoms with Crippen molar-refractivity contribution in [3.63, 3.8) is 0 Å². The molecule has 0 aromatic heterocycles. The second kappa shape index (κ2) is 4.25. The van der Waals surface area contributed by atoms with Gasteiger partial charge in [0.15, 0.2) is 0 Å². The Morgan fingerprint density at radius 2 is 2.08 bits per heavy atom. The van der Waals surface area contributed by atoms with Crippen LogP contribution in [0.15, 0.2) is 12.2 Å². The Bertz CT molecular complexity index is 179. The maximum atomic E-state index is 5.23. The van der Waals surface area contributed by atoms with Gasteiger partial charge in [-0.3, -0.25) is 0 Å². The lowest BCUT2D eigenvalue weighted by Crippen LogP contribution is -2.41. The third-order valence-electron chi connectivity index (χ3n) is 2.99. The molecule has 2 heteroatoms. The summed E-state index contributed by atoms with van der Waals surface area (Å²) in [5.74, 6) is 0.889.